The van der Waals surface area contributed by atoms with E-state index in [1.165, 1.54) is 4.90 Å². The first-order valence-electron chi connectivity index (χ1n) is 6.62. The van der Waals surface area contributed by atoms with Gasteiger partial charge >= 0.3 is 6.09 Å². The monoisotopic (exact) mass is 265 g/mol. The first-order chi connectivity index (χ1) is 8.60. The van der Waals surface area contributed by atoms with Gasteiger partial charge in [-0.05, 0) is 54.0 Å². The smallest absolute Gasteiger partial charge is 0.419 e. The van der Waals surface area contributed by atoms with E-state index >= 15 is 0 Å². The van der Waals surface area contributed by atoms with Gasteiger partial charge in [0, 0.05) is 5.70 Å². The third-order valence-electron chi connectivity index (χ3n) is 2.22. The van der Waals surface area contributed by atoms with Gasteiger partial charge in [-0.15, -0.1) is 0 Å². The van der Waals surface area contributed by atoms with Crippen LogP contribution in [-0.2, 0) is 4.74 Å². The quantitative estimate of drug-likeness (QED) is 0.668. The van der Waals surface area contributed by atoms with Crippen molar-refractivity contribution in [2.24, 2.45) is 0 Å². The molecular formula is C16H27NO2. The Bertz CT molecular complexity index is 393. The standard InChI is InChI=1S/C16H27NO2/c1-9-10-11-14(12(2)3)17(13(4)5)15(18)19-16(6,7)8/h10-11H,4,9H2,1-3,5-8H3/b11-10-. The summed E-state index contributed by atoms with van der Waals surface area (Å²) in [6.07, 6.45) is 4.48. The summed E-state index contributed by atoms with van der Waals surface area (Å²) in [6.45, 7) is 17.2. The second-order valence-electron chi connectivity index (χ2n) is 5.75. The van der Waals surface area contributed by atoms with Crippen LogP contribution in [0.15, 0.2) is 35.7 Å². The largest absolute Gasteiger partial charge is 0.443 e. The lowest BCUT2D eigenvalue weighted by atomic mass is 10.2. The van der Waals surface area contributed by atoms with Crippen LogP contribution in [0.1, 0.15) is 54.9 Å². The summed E-state index contributed by atoms with van der Waals surface area (Å²) in [5.74, 6) is 0. The molecule has 0 aromatic rings. The van der Waals surface area contributed by atoms with E-state index < -0.39 is 11.7 Å². The second-order valence-corrected chi connectivity index (χ2v) is 5.75. The van der Waals surface area contributed by atoms with Crippen LogP contribution in [-0.4, -0.2) is 16.6 Å². The van der Waals surface area contributed by atoms with Crippen LogP contribution in [0.5, 0.6) is 0 Å². The Morgan fingerprint density at radius 2 is 1.79 bits per heavy atom. The molecule has 0 N–H and O–H groups in total. The van der Waals surface area contributed by atoms with E-state index in [-0.39, 0.29) is 0 Å². The molecule has 3 heteroatoms. The van der Waals surface area contributed by atoms with E-state index in [1.807, 2.05) is 46.8 Å². The number of hydrogen-bond acceptors (Lipinski definition) is 2. The number of carbonyl (C=O) groups is 1. The number of rotatable bonds is 4. The summed E-state index contributed by atoms with van der Waals surface area (Å²) in [4.78, 5) is 13.8. The number of allylic oxidation sites excluding steroid dienone is 4. The lowest BCUT2D eigenvalue weighted by molar-refractivity contribution is 0.0370. The highest BCUT2D eigenvalue weighted by atomic mass is 16.6. The van der Waals surface area contributed by atoms with Gasteiger partial charge in [0.25, 0.3) is 0 Å². The molecule has 0 bridgehead atoms. The highest BCUT2D eigenvalue weighted by Gasteiger charge is 2.25. The zero-order chi connectivity index (χ0) is 15.2. The summed E-state index contributed by atoms with van der Waals surface area (Å²) in [5, 5.41) is 0. The van der Waals surface area contributed by atoms with E-state index in [0.717, 1.165) is 17.7 Å². The van der Waals surface area contributed by atoms with E-state index in [2.05, 4.69) is 13.5 Å². The van der Waals surface area contributed by atoms with Crippen LogP contribution in [0.25, 0.3) is 0 Å². The molecule has 0 aliphatic rings. The molecule has 0 aromatic carbocycles. The highest BCUT2D eigenvalue weighted by molar-refractivity contribution is 5.73. The molecule has 3 nitrogen and oxygen atoms in total. The zero-order valence-corrected chi connectivity index (χ0v) is 13.3. The second kappa shape index (κ2) is 7.17. The van der Waals surface area contributed by atoms with Gasteiger partial charge in [-0.2, -0.15) is 0 Å². The van der Waals surface area contributed by atoms with Crippen molar-refractivity contribution >= 4 is 6.09 Å². The molecule has 0 unspecified atom stereocenters. The van der Waals surface area contributed by atoms with Gasteiger partial charge in [0.1, 0.15) is 5.60 Å². The Balaban J connectivity index is 5.42. The fourth-order valence-electron chi connectivity index (χ4n) is 1.46. The third kappa shape index (κ3) is 6.27. The van der Waals surface area contributed by atoms with Crippen molar-refractivity contribution in [1.29, 1.82) is 0 Å². The molecule has 0 aliphatic heterocycles. The normalized spacial score (nSPS) is 11.3. The SMILES string of the molecule is C=C(C)N(C(=O)OC(C)(C)C)C(/C=C\CC)=C(C)C. The molecule has 0 spiro atoms. The van der Waals surface area contributed by atoms with Crippen molar-refractivity contribution in [2.45, 2.75) is 60.5 Å². The molecule has 0 fully saturated rings. The molecule has 0 saturated heterocycles. The van der Waals surface area contributed by atoms with Crippen LogP contribution < -0.4 is 0 Å². The number of carbonyl (C=O) groups excluding carboxylic acids is 1. The number of amides is 1. The van der Waals surface area contributed by atoms with Gasteiger partial charge in [-0.1, -0.05) is 25.2 Å². The minimum absolute atomic E-state index is 0.392. The average Bonchev–Trinajstić information content (AvgIpc) is 2.19. The van der Waals surface area contributed by atoms with E-state index in [9.17, 15) is 4.79 Å². The number of ether oxygens (including phenoxy) is 1. The molecule has 0 heterocycles. The van der Waals surface area contributed by atoms with Crippen LogP contribution in [0.2, 0.25) is 0 Å². The first-order valence-corrected chi connectivity index (χ1v) is 6.62. The molecule has 108 valence electrons. The number of nitrogens with zero attached hydrogens (tertiary/aromatic N) is 1. The van der Waals surface area contributed by atoms with Crippen molar-refractivity contribution in [3.63, 3.8) is 0 Å². The Hall–Kier alpha value is -1.51. The Labute approximate surface area is 117 Å². The minimum Gasteiger partial charge on any atom is -0.443 e. The summed E-state index contributed by atoms with van der Waals surface area (Å²) >= 11 is 0. The topological polar surface area (TPSA) is 29.5 Å². The Kier molecular flexibility index (Phi) is 6.60. The molecule has 0 radical (unpaired) electrons. The fraction of sp³-hybridized carbons (Fsp3) is 0.562. The predicted octanol–water partition coefficient (Wildman–Crippen LogP) is 5.02. The lowest BCUT2D eigenvalue weighted by Crippen LogP contribution is -2.35. The van der Waals surface area contributed by atoms with E-state index in [4.69, 9.17) is 4.74 Å². The third-order valence-corrected chi connectivity index (χ3v) is 2.22. The van der Waals surface area contributed by atoms with Crippen molar-refractivity contribution in [1.82, 2.24) is 4.90 Å². The summed E-state index contributed by atoms with van der Waals surface area (Å²) < 4.78 is 5.43. The van der Waals surface area contributed by atoms with Gasteiger partial charge in [0.15, 0.2) is 0 Å². The van der Waals surface area contributed by atoms with Gasteiger partial charge in [0.05, 0.1) is 5.70 Å². The van der Waals surface area contributed by atoms with Crippen LogP contribution in [0.3, 0.4) is 0 Å². The molecule has 0 aliphatic carbocycles. The maximum absolute atomic E-state index is 12.3. The molecule has 1 amide bonds. The first kappa shape index (κ1) is 17.5. The Morgan fingerprint density at radius 3 is 2.11 bits per heavy atom. The van der Waals surface area contributed by atoms with Crippen molar-refractivity contribution in [3.8, 4) is 0 Å². The van der Waals surface area contributed by atoms with Crippen LogP contribution in [0.4, 0.5) is 4.79 Å². The molecule has 0 rings (SSSR count). The maximum atomic E-state index is 12.3. The fourth-order valence-corrected chi connectivity index (χ4v) is 1.46. The zero-order valence-electron chi connectivity index (χ0n) is 13.3. The maximum Gasteiger partial charge on any atom is 0.419 e. The van der Waals surface area contributed by atoms with Gasteiger partial charge in [-0.3, -0.25) is 4.90 Å². The minimum atomic E-state index is -0.522. The summed E-state index contributed by atoms with van der Waals surface area (Å²) in [6, 6.07) is 0. The molecule has 19 heavy (non-hydrogen) atoms. The highest BCUT2D eigenvalue weighted by Crippen LogP contribution is 2.21. The molecular weight excluding hydrogens is 238 g/mol. The average molecular weight is 265 g/mol. The Morgan fingerprint density at radius 1 is 1.26 bits per heavy atom. The molecule has 0 saturated carbocycles. The van der Waals surface area contributed by atoms with Crippen LogP contribution in [0, 0.1) is 0 Å². The lowest BCUT2D eigenvalue weighted by Gasteiger charge is -2.29. The van der Waals surface area contributed by atoms with E-state index in [0.29, 0.717) is 5.70 Å². The summed E-state index contributed by atoms with van der Waals surface area (Å²) in [5.41, 5.74) is 1.99. The predicted molar refractivity (Wildman–Crippen MR) is 80.7 cm³/mol. The van der Waals surface area contributed by atoms with Crippen molar-refractivity contribution in [3.05, 3.63) is 35.7 Å². The molecule has 0 atom stereocenters. The van der Waals surface area contributed by atoms with E-state index in [1.54, 1.807) is 6.92 Å². The van der Waals surface area contributed by atoms with Gasteiger partial charge < -0.3 is 4.74 Å². The van der Waals surface area contributed by atoms with Crippen LogP contribution >= 0.6 is 0 Å². The van der Waals surface area contributed by atoms with Gasteiger partial charge in [0.2, 0.25) is 0 Å². The number of hydrogen-bond donors (Lipinski definition) is 0. The van der Waals surface area contributed by atoms with Crippen molar-refractivity contribution < 1.29 is 9.53 Å². The van der Waals surface area contributed by atoms with Crippen molar-refractivity contribution in [2.75, 3.05) is 0 Å². The summed E-state index contributed by atoms with van der Waals surface area (Å²) in [7, 11) is 0. The molecule has 0 aromatic heterocycles. The van der Waals surface area contributed by atoms with Gasteiger partial charge in [-0.25, -0.2) is 4.79 Å².